The molecule has 7 heteroatoms. The molecular weight excluding hydrogens is 330 g/mol. The van der Waals surface area contributed by atoms with Crippen molar-refractivity contribution >= 4 is 11.3 Å². The summed E-state index contributed by atoms with van der Waals surface area (Å²) in [6.07, 6.45) is 1.54. The van der Waals surface area contributed by atoms with E-state index < -0.39 is 11.3 Å². The summed E-state index contributed by atoms with van der Waals surface area (Å²) in [5, 5.41) is 5.14. The van der Waals surface area contributed by atoms with Crippen molar-refractivity contribution in [3.05, 3.63) is 47.5 Å². The van der Waals surface area contributed by atoms with Crippen LogP contribution in [0, 0.1) is 0 Å². The van der Waals surface area contributed by atoms with Crippen LogP contribution in [0.25, 0.3) is 0 Å². The van der Waals surface area contributed by atoms with E-state index in [1.54, 1.807) is 27.4 Å². The lowest BCUT2D eigenvalue weighted by Crippen LogP contribution is -2.09. The number of nitrogens with two attached hydrogens (primary N) is 1. The Morgan fingerprint density at radius 2 is 1.54 bits per heavy atom. The third-order valence-electron chi connectivity index (χ3n) is 3.50. The molecule has 2 aromatic carbocycles. The van der Waals surface area contributed by atoms with E-state index in [1.807, 2.05) is 30.3 Å². The third kappa shape index (κ3) is 4.62. The summed E-state index contributed by atoms with van der Waals surface area (Å²) in [5.74, 6) is 2.31. The van der Waals surface area contributed by atoms with E-state index >= 15 is 0 Å². The predicted molar refractivity (Wildman–Crippen MR) is 92.9 cm³/mol. The van der Waals surface area contributed by atoms with Crippen molar-refractivity contribution in [1.82, 2.24) is 0 Å². The molecule has 0 amide bonds. The lowest BCUT2D eigenvalue weighted by Gasteiger charge is -2.14. The zero-order valence-corrected chi connectivity index (χ0v) is 14.7. The Morgan fingerprint density at radius 1 is 0.917 bits per heavy atom. The normalized spacial score (nSPS) is 11.7. The van der Waals surface area contributed by atoms with Crippen LogP contribution in [0.1, 0.15) is 11.1 Å². The van der Waals surface area contributed by atoms with Crippen molar-refractivity contribution in [2.45, 2.75) is 12.8 Å². The number of ether oxygens (including phenoxy) is 3. The quantitative estimate of drug-likeness (QED) is 0.790. The standard InChI is InChI=1S/C17H21NO5S/c1-20-15-10-13(11-16(21-2)17(15)22-3)8-7-12-5-4-6-14(9-12)23-24(18)19/h4-6,9-11H,7-8,18H2,1-3H3. The largest absolute Gasteiger partial charge is 0.493 e. The third-order valence-corrected chi connectivity index (χ3v) is 3.86. The highest BCUT2D eigenvalue weighted by Gasteiger charge is 2.13. The molecular formula is C17H21NO5S. The highest BCUT2D eigenvalue weighted by molar-refractivity contribution is 7.78. The van der Waals surface area contributed by atoms with Gasteiger partial charge < -0.3 is 18.4 Å². The first-order valence-electron chi connectivity index (χ1n) is 7.29. The summed E-state index contributed by atoms with van der Waals surface area (Å²) in [5.41, 5.74) is 2.10. The predicted octanol–water partition coefficient (Wildman–Crippen LogP) is 2.41. The smallest absolute Gasteiger partial charge is 0.285 e. The second-order valence-corrected chi connectivity index (χ2v) is 5.71. The van der Waals surface area contributed by atoms with Gasteiger partial charge in [0.25, 0.3) is 11.3 Å². The van der Waals surface area contributed by atoms with Crippen LogP contribution in [0.3, 0.4) is 0 Å². The highest BCUT2D eigenvalue weighted by Crippen LogP contribution is 2.38. The van der Waals surface area contributed by atoms with Gasteiger partial charge in [0.2, 0.25) is 5.75 Å². The van der Waals surface area contributed by atoms with Crippen molar-refractivity contribution in [2.24, 2.45) is 5.14 Å². The number of benzene rings is 2. The van der Waals surface area contributed by atoms with Gasteiger partial charge in [-0.1, -0.05) is 12.1 Å². The summed E-state index contributed by atoms with van der Waals surface area (Å²) in [6, 6.07) is 11.2. The van der Waals surface area contributed by atoms with E-state index in [4.69, 9.17) is 23.5 Å². The molecule has 0 aliphatic carbocycles. The molecule has 2 aromatic rings. The molecule has 2 rings (SSSR count). The summed E-state index contributed by atoms with van der Waals surface area (Å²) in [6.45, 7) is 0. The molecule has 24 heavy (non-hydrogen) atoms. The summed E-state index contributed by atoms with van der Waals surface area (Å²) in [7, 11) is 4.76. The Hall–Kier alpha value is -2.25. The van der Waals surface area contributed by atoms with Gasteiger partial charge in [-0.2, -0.15) is 4.21 Å². The van der Waals surface area contributed by atoms with Crippen LogP contribution in [-0.4, -0.2) is 25.5 Å². The van der Waals surface area contributed by atoms with Crippen molar-refractivity contribution in [3.63, 3.8) is 0 Å². The molecule has 0 fully saturated rings. The van der Waals surface area contributed by atoms with Crippen LogP contribution in [-0.2, 0) is 24.1 Å². The van der Waals surface area contributed by atoms with Crippen molar-refractivity contribution in [2.75, 3.05) is 21.3 Å². The highest BCUT2D eigenvalue weighted by atomic mass is 32.2. The Balaban J connectivity index is 2.15. The molecule has 0 spiro atoms. The van der Waals surface area contributed by atoms with Gasteiger partial charge in [0.15, 0.2) is 11.5 Å². The number of methoxy groups -OCH3 is 3. The molecule has 0 bridgehead atoms. The minimum absolute atomic E-state index is 0.484. The first-order valence-corrected chi connectivity index (χ1v) is 8.43. The first-order chi connectivity index (χ1) is 11.6. The van der Waals surface area contributed by atoms with Gasteiger partial charge in [-0.25, -0.2) is 5.14 Å². The molecule has 0 aliphatic rings. The Bertz CT molecular complexity index is 695. The molecule has 0 aromatic heterocycles. The van der Waals surface area contributed by atoms with E-state index in [2.05, 4.69) is 0 Å². The van der Waals surface area contributed by atoms with Crippen LogP contribution in [0.5, 0.6) is 23.0 Å². The van der Waals surface area contributed by atoms with Gasteiger partial charge in [-0.05, 0) is 48.2 Å². The zero-order chi connectivity index (χ0) is 17.5. The average Bonchev–Trinajstić information content (AvgIpc) is 2.58. The number of hydrogen-bond donors (Lipinski definition) is 1. The maximum atomic E-state index is 10.9. The number of rotatable bonds is 8. The fourth-order valence-electron chi connectivity index (χ4n) is 2.42. The summed E-state index contributed by atoms with van der Waals surface area (Å²) < 4.78 is 32.0. The van der Waals surface area contributed by atoms with Crippen LogP contribution < -0.4 is 23.5 Å². The van der Waals surface area contributed by atoms with Crippen LogP contribution in [0.4, 0.5) is 0 Å². The van der Waals surface area contributed by atoms with Gasteiger partial charge in [0.1, 0.15) is 5.75 Å². The number of hydrogen-bond acceptors (Lipinski definition) is 5. The SMILES string of the molecule is COc1cc(CCc2cccc(OS(N)=O)c2)cc(OC)c1OC. The van der Waals surface area contributed by atoms with Gasteiger partial charge in [-0.15, -0.1) is 0 Å². The molecule has 1 atom stereocenters. The minimum Gasteiger partial charge on any atom is -0.493 e. The van der Waals surface area contributed by atoms with E-state index in [0.29, 0.717) is 23.0 Å². The molecule has 0 aliphatic heterocycles. The summed E-state index contributed by atoms with van der Waals surface area (Å²) >= 11 is -1.82. The maximum absolute atomic E-state index is 10.9. The Morgan fingerprint density at radius 3 is 2.08 bits per heavy atom. The van der Waals surface area contributed by atoms with Crippen molar-refractivity contribution < 1.29 is 22.6 Å². The lowest BCUT2D eigenvalue weighted by molar-refractivity contribution is 0.324. The van der Waals surface area contributed by atoms with Crippen LogP contribution >= 0.6 is 0 Å². The van der Waals surface area contributed by atoms with Crippen molar-refractivity contribution in [1.29, 1.82) is 0 Å². The molecule has 6 nitrogen and oxygen atoms in total. The second-order valence-electron chi connectivity index (χ2n) is 5.02. The molecule has 130 valence electrons. The topological polar surface area (TPSA) is 80.0 Å². The molecule has 0 saturated carbocycles. The molecule has 0 heterocycles. The average molecular weight is 351 g/mol. The molecule has 0 radical (unpaired) electrons. The fraction of sp³-hybridized carbons (Fsp3) is 0.294. The van der Waals surface area contributed by atoms with Crippen molar-refractivity contribution in [3.8, 4) is 23.0 Å². The maximum Gasteiger partial charge on any atom is 0.285 e. The van der Waals surface area contributed by atoms with E-state index in [9.17, 15) is 4.21 Å². The Kier molecular flexibility index (Phi) is 6.45. The molecule has 0 saturated heterocycles. The summed E-state index contributed by atoms with van der Waals surface area (Å²) in [4.78, 5) is 0. The lowest BCUT2D eigenvalue weighted by atomic mass is 10.0. The Labute approximate surface area is 144 Å². The van der Waals surface area contributed by atoms with Crippen LogP contribution in [0.15, 0.2) is 36.4 Å². The van der Waals surface area contributed by atoms with Gasteiger partial charge in [-0.3, -0.25) is 0 Å². The van der Waals surface area contributed by atoms with Gasteiger partial charge >= 0.3 is 0 Å². The molecule has 2 N–H and O–H groups in total. The van der Waals surface area contributed by atoms with E-state index in [1.165, 1.54) is 0 Å². The molecule has 1 unspecified atom stereocenters. The first kappa shape index (κ1) is 18.1. The fourth-order valence-corrected chi connectivity index (χ4v) is 2.71. The zero-order valence-electron chi connectivity index (χ0n) is 13.9. The number of aryl methyl sites for hydroxylation is 2. The van der Waals surface area contributed by atoms with E-state index in [0.717, 1.165) is 24.0 Å². The minimum atomic E-state index is -1.82. The van der Waals surface area contributed by atoms with E-state index in [-0.39, 0.29) is 0 Å². The van der Waals surface area contributed by atoms with Gasteiger partial charge in [0.05, 0.1) is 21.3 Å². The van der Waals surface area contributed by atoms with Gasteiger partial charge in [0, 0.05) is 0 Å². The monoisotopic (exact) mass is 351 g/mol. The second kappa shape index (κ2) is 8.56. The van der Waals surface area contributed by atoms with Crippen LogP contribution in [0.2, 0.25) is 0 Å².